The van der Waals surface area contributed by atoms with Gasteiger partial charge in [0.05, 0.1) is 30.5 Å². The van der Waals surface area contributed by atoms with E-state index in [1.54, 1.807) is 18.6 Å². The average molecular weight is 473 g/mol. The van der Waals surface area contributed by atoms with Gasteiger partial charge in [-0.25, -0.2) is 4.79 Å². The first-order chi connectivity index (χ1) is 15.8. The standard InChI is InChI=1S/C26H32O8/c1-22(2)15-10-17(28)25(5)14(24(15,4)16(27)11-18(29)33-22)6-8-23(3)19(13-7-9-31-12-13)32-21(30)20-26(23,25)34-20/h7,9,12,14-16,19-20,27H,6,8,10-11H2,1-5H3/t14?,15?,16-,19-,20+,23-,24+,25-,26+/m0/s1. The van der Waals surface area contributed by atoms with Gasteiger partial charge in [0.15, 0.2) is 6.10 Å². The summed E-state index contributed by atoms with van der Waals surface area (Å²) in [5.74, 6) is -1.59. The number of cyclic esters (lactones) is 2. The second-order valence-corrected chi connectivity index (χ2v) is 12.2. The summed E-state index contributed by atoms with van der Waals surface area (Å²) in [6.45, 7) is 9.61. The van der Waals surface area contributed by atoms with Crippen molar-refractivity contribution in [2.75, 3.05) is 0 Å². The van der Waals surface area contributed by atoms with E-state index in [0.717, 1.165) is 5.56 Å². The van der Waals surface area contributed by atoms with E-state index in [0.29, 0.717) is 12.8 Å². The minimum absolute atomic E-state index is 0.00716. The molecule has 1 N–H and O–H groups in total. The maximum Gasteiger partial charge on any atom is 0.339 e. The van der Waals surface area contributed by atoms with Crippen molar-refractivity contribution in [2.24, 2.45) is 28.1 Å². The summed E-state index contributed by atoms with van der Waals surface area (Å²) in [5, 5.41) is 11.4. The van der Waals surface area contributed by atoms with Crippen LogP contribution < -0.4 is 0 Å². The molecule has 0 aromatic carbocycles. The summed E-state index contributed by atoms with van der Waals surface area (Å²) < 4.78 is 23.2. The molecule has 9 atom stereocenters. The van der Waals surface area contributed by atoms with E-state index in [1.807, 2.05) is 34.6 Å². The highest BCUT2D eigenvalue weighted by molar-refractivity contribution is 5.93. The molecule has 8 heteroatoms. The third-order valence-corrected chi connectivity index (χ3v) is 10.5. The fourth-order valence-corrected chi connectivity index (χ4v) is 8.90. The van der Waals surface area contributed by atoms with Gasteiger partial charge in [-0.2, -0.15) is 0 Å². The Morgan fingerprint density at radius 1 is 1.00 bits per heavy atom. The predicted molar refractivity (Wildman–Crippen MR) is 116 cm³/mol. The number of epoxide rings is 1. The first-order valence-corrected chi connectivity index (χ1v) is 12.2. The van der Waals surface area contributed by atoms with Gasteiger partial charge in [0, 0.05) is 28.7 Å². The molecule has 6 rings (SSSR count). The van der Waals surface area contributed by atoms with Gasteiger partial charge in [0.25, 0.3) is 0 Å². The van der Waals surface area contributed by atoms with Gasteiger partial charge in [0.1, 0.15) is 23.1 Å². The first kappa shape index (κ1) is 22.3. The molecular formula is C26H32O8. The number of aliphatic hydroxyl groups excluding tert-OH is 1. The SMILES string of the molecule is CC1(C)OC(=O)C[C@H](O)[C@@]2(C)C1CC(=O)[C@]1(C)C2CC[C@@]2(C)[C@H](c3ccoc3)OC(=O)[C@H]3O[C@]321. The molecule has 3 saturated heterocycles. The molecule has 5 fully saturated rings. The Hall–Kier alpha value is -2.19. The zero-order valence-corrected chi connectivity index (χ0v) is 20.3. The number of rotatable bonds is 1. The molecule has 5 aliphatic rings. The van der Waals surface area contributed by atoms with E-state index in [4.69, 9.17) is 18.6 Å². The molecule has 2 aliphatic carbocycles. The van der Waals surface area contributed by atoms with Gasteiger partial charge in [-0.05, 0) is 45.6 Å². The molecule has 2 unspecified atom stereocenters. The van der Waals surface area contributed by atoms with Crippen LogP contribution in [0.15, 0.2) is 23.0 Å². The molecule has 3 aliphatic heterocycles. The van der Waals surface area contributed by atoms with Crippen LogP contribution in [0.4, 0.5) is 0 Å². The third-order valence-electron chi connectivity index (χ3n) is 10.5. The molecular weight excluding hydrogens is 440 g/mol. The highest BCUT2D eigenvalue weighted by Crippen LogP contribution is 2.78. The monoisotopic (exact) mass is 472 g/mol. The molecule has 0 amide bonds. The van der Waals surface area contributed by atoms with Crippen LogP contribution in [0.1, 0.15) is 72.0 Å². The van der Waals surface area contributed by atoms with E-state index < -0.39 is 57.7 Å². The number of hydrogen-bond donors (Lipinski definition) is 1. The second kappa shape index (κ2) is 6.32. The molecule has 0 bridgehead atoms. The number of Topliss-reactive ketones (excluding diaryl/α,β-unsaturated/α-hetero) is 1. The van der Waals surface area contributed by atoms with Crippen molar-refractivity contribution in [3.05, 3.63) is 24.2 Å². The van der Waals surface area contributed by atoms with Crippen LogP contribution in [0.2, 0.25) is 0 Å². The van der Waals surface area contributed by atoms with Crippen LogP contribution in [0.5, 0.6) is 0 Å². The van der Waals surface area contributed by atoms with E-state index in [2.05, 4.69) is 0 Å². The van der Waals surface area contributed by atoms with Crippen molar-refractivity contribution < 1.29 is 38.1 Å². The fourth-order valence-electron chi connectivity index (χ4n) is 8.90. The van der Waals surface area contributed by atoms with Gasteiger partial charge in [-0.3, -0.25) is 9.59 Å². The summed E-state index contributed by atoms with van der Waals surface area (Å²) in [4.78, 5) is 39.8. The summed E-state index contributed by atoms with van der Waals surface area (Å²) >= 11 is 0. The molecule has 1 spiro atoms. The maximum absolute atomic E-state index is 14.2. The quantitative estimate of drug-likeness (QED) is 0.490. The van der Waals surface area contributed by atoms with Crippen molar-refractivity contribution in [1.29, 1.82) is 0 Å². The van der Waals surface area contributed by atoms with Crippen LogP contribution in [-0.2, 0) is 28.6 Å². The van der Waals surface area contributed by atoms with Gasteiger partial charge in [-0.1, -0.05) is 13.8 Å². The minimum Gasteiger partial charge on any atom is -0.472 e. The van der Waals surface area contributed by atoms with Crippen LogP contribution in [0, 0.1) is 28.1 Å². The number of hydrogen-bond acceptors (Lipinski definition) is 8. The molecule has 0 radical (unpaired) electrons. The number of aliphatic hydroxyl groups is 1. The number of ether oxygens (including phenoxy) is 3. The summed E-state index contributed by atoms with van der Waals surface area (Å²) in [6.07, 6.45) is 1.99. The minimum atomic E-state index is -1.05. The lowest BCUT2D eigenvalue weighted by Gasteiger charge is -2.66. The van der Waals surface area contributed by atoms with Crippen molar-refractivity contribution in [2.45, 2.75) is 89.8 Å². The van der Waals surface area contributed by atoms with E-state index in [-0.39, 0.29) is 30.5 Å². The number of furan rings is 1. The number of carbonyl (C=O) groups excluding carboxylic acids is 3. The summed E-state index contributed by atoms with van der Waals surface area (Å²) in [5.41, 5.74) is -3.69. The molecule has 34 heavy (non-hydrogen) atoms. The summed E-state index contributed by atoms with van der Waals surface area (Å²) in [7, 11) is 0. The molecule has 1 aromatic heterocycles. The summed E-state index contributed by atoms with van der Waals surface area (Å²) in [6, 6.07) is 1.79. The first-order valence-electron chi connectivity index (χ1n) is 12.2. The Kier molecular flexibility index (Phi) is 4.14. The zero-order valence-electron chi connectivity index (χ0n) is 20.3. The van der Waals surface area contributed by atoms with Crippen LogP contribution in [0.25, 0.3) is 0 Å². The normalized spacial score (nSPS) is 51.1. The van der Waals surface area contributed by atoms with Crippen molar-refractivity contribution in [3.63, 3.8) is 0 Å². The highest BCUT2D eigenvalue weighted by Gasteiger charge is 2.88. The van der Waals surface area contributed by atoms with Crippen molar-refractivity contribution in [3.8, 4) is 0 Å². The lowest BCUT2D eigenvalue weighted by atomic mass is 9.37. The van der Waals surface area contributed by atoms with Crippen LogP contribution >= 0.6 is 0 Å². The van der Waals surface area contributed by atoms with Crippen molar-refractivity contribution in [1.82, 2.24) is 0 Å². The lowest BCUT2D eigenvalue weighted by Crippen LogP contribution is -2.72. The zero-order chi connectivity index (χ0) is 24.5. The van der Waals surface area contributed by atoms with Crippen LogP contribution in [-0.4, -0.2) is 46.2 Å². The average Bonchev–Trinajstić information content (AvgIpc) is 3.33. The predicted octanol–water partition coefficient (Wildman–Crippen LogP) is 3.12. The largest absolute Gasteiger partial charge is 0.472 e. The topological polar surface area (TPSA) is 116 Å². The number of fused-ring (bicyclic) bond motifs is 3. The Morgan fingerprint density at radius 3 is 2.41 bits per heavy atom. The fraction of sp³-hybridized carbons (Fsp3) is 0.731. The van der Waals surface area contributed by atoms with E-state index in [9.17, 15) is 19.5 Å². The van der Waals surface area contributed by atoms with Gasteiger partial charge < -0.3 is 23.7 Å². The smallest absolute Gasteiger partial charge is 0.339 e. The molecule has 184 valence electrons. The Morgan fingerprint density at radius 2 is 1.74 bits per heavy atom. The van der Waals surface area contributed by atoms with E-state index >= 15 is 0 Å². The maximum atomic E-state index is 14.2. The molecule has 8 nitrogen and oxygen atoms in total. The Bertz CT molecular complexity index is 1090. The molecule has 2 saturated carbocycles. The number of carbonyl (C=O) groups is 3. The van der Waals surface area contributed by atoms with Crippen LogP contribution in [0.3, 0.4) is 0 Å². The van der Waals surface area contributed by atoms with Gasteiger partial charge in [-0.15, -0.1) is 0 Å². The second-order valence-electron chi connectivity index (χ2n) is 12.2. The third kappa shape index (κ3) is 2.25. The van der Waals surface area contributed by atoms with E-state index in [1.165, 1.54) is 0 Å². The highest BCUT2D eigenvalue weighted by atomic mass is 16.7. The Balaban J connectivity index is 1.53. The lowest BCUT2D eigenvalue weighted by molar-refractivity contribution is -0.231. The molecule has 1 aromatic rings. The van der Waals surface area contributed by atoms with Gasteiger partial charge in [0.2, 0.25) is 0 Å². The number of esters is 2. The molecule has 4 heterocycles. The van der Waals surface area contributed by atoms with Crippen molar-refractivity contribution >= 4 is 17.7 Å². The Labute approximate surface area is 198 Å². The van der Waals surface area contributed by atoms with Gasteiger partial charge >= 0.3 is 11.9 Å². The number of ketones is 1.